The number of fused-ring (bicyclic) bond motifs is 3. The van der Waals surface area contributed by atoms with E-state index in [1.165, 1.54) is 0 Å². The maximum atomic E-state index is 12.9. The molecule has 6 nitrogen and oxygen atoms in total. The molecule has 0 aliphatic carbocycles. The van der Waals surface area contributed by atoms with E-state index < -0.39 is 0 Å². The number of methoxy groups -OCH3 is 1. The van der Waals surface area contributed by atoms with Crippen molar-refractivity contribution in [1.29, 1.82) is 0 Å². The van der Waals surface area contributed by atoms with Crippen LogP contribution in [0.4, 0.5) is 10.5 Å². The van der Waals surface area contributed by atoms with Crippen LogP contribution >= 0.6 is 0 Å². The van der Waals surface area contributed by atoms with Gasteiger partial charge in [-0.25, -0.2) is 4.79 Å². The van der Waals surface area contributed by atoms with Crippen LogP contribution in [0.25, 0.3) is 11.1 Å². The predicted molar refractivity (Wildman–Crippen MR) is 119 cm³/mol. The minimum atomic E-state index is -0.0246. The second kappa shape index (κ2) is 8.56. The number of likely N-dealkylation sites (tertiary alicyclic amines) is 1. The fourth-order valence-electron chi connectivity index (χ4n) is 4.98. The number of amides is 2. The number of likely N-dealkylation sites (N-methyl/N-ethyl adjacent to an activating group) is 1. The van der Waals surface area contributed by atoms with Gasteiger partial charge < -0.3 is 25.0 Å². The van der Waals surface area contributed by atoms with Crippen LogP contribution in [-0.4, -0.2) is 55.9 Å². The van der Waals surface area contributed by atoms with Crippen LogP contribution in [0, 0.1) is 5.92 Å². The van der Waals surface area contributed by atoms with Crippen molar-refractivity contribution in [3.05, 3.63) is 48.0 Å². The smallest absolute Gasteiger partial charge is 0.317 e. The first-order chi connectivity index (χ1) is 14.6. The Morgan fingerprint density at radius 3 is 2.60 bits per heavy atom. The van der Waals surface area contributed by atoms with E-state index in [1.54, 1.807) is 7.11 Å². The van der Waals surface area contributed by atoms with Crippen LogP contribution in [0.15, 0.2) is 42.5 Å². The predicted octanol–water partition coefficient (Wildman–Crippen LogP) is 3.66. The Morgan fingerprint density at radius 1 is 1.20 bits per heavy atom. The monoisotopic (exact) mass is 409 g/mol. The third-order valence-electron chi connectivity index (χ3n) is 6.56. The quantitative estimate of drug-likeness (QED) is 0.791. The number of rotatable bonds is 5. The van der Waals surface area contributed by atoms with E-state index in [0.717, 1.165) is 41.0 Å². The lowest BCUT2D eigenvalue weighted by molar-refractivity contribution is 0.161. The zero-order valence-corrected chi connectivity index (χ0v) is 18.0. The average Bonchev–Trinajstić information content (AvgIpc) is 3.23. The van der Waals surface area contributed by atoms with Gasteiger partial charge in [-0.3, -0.25) is 0 Å². The molecule has 0 saturated carbocycles. The molecule has 160 valence electrons. The molecule has 2 aromatic carbocycles. The topological polar surface area (TPSA) is 65.0 Å². The number of anilines is 1. The molecule has 0 bridgehead atoms. The molecule has 0 aromatic heterocycles. The van der Waals surface area contributed by atoms with Crippen molar-refractivity contribution in [2.75, 3.05) is 38.8 Å². The highest BCUT2D eigenvalue weighted by molar-refractivity contribution is 5.77. The number of benzene rings is 2. The number of ether oxygens (including phenoxy) is 1. The molecule has 2 aromatic rings. The van der Waals surface area contributed by atoms with Crippen molar-refractivity contribution in [3.63, 3.8) is 0 Å². The van der Waals surface area contributed by atoms with Gasteiger partial charge in [0.15, 0.2) is 0 Å². The first kappa shape index (κ1) is 20.5. The second-order valence-electron chi connectivity index (χ2n) is 8.19. The largest absolute Gasteiger partial charge is 0.497 e. The van der Waals surface area contributed by atoms with E-state index in [9.17, 15) is 9.90 Å². The van der Waals surface area contributed by atoms with E-state index in [-0.39, 0.29) is 30.6 Å². The number of aliphatic hydroxyl groups excluding tert-OH is 1. The molecule has 2 aliphatic heterocycles. The summed E-state index contributed by atoms with van der Waals surface area (Å²) < 4.78 is 5.28. The molecule has 1 saturated heterocycles. The van der Waals surface area contributed by atoms with Gasteiger partial charge >= 0.3 is 6.03 Å². The van der Waals surface area contributed by atoms with Crippen LogP contribution in [0.2, 0.25) is 0 Å². The van der Waals surface area contributed by atoms with Crippen LogP contribution in [0.5, 0.6) is 5.75 Å². The maximum absolute atomic E-state index is 12.9. The molecule has 0 unspecified atom stereocenters. The number of carbonyl (C=O) groups is 1. The van der Waals surface area contributed by atoms with Crippen molar-refractivity contribution >= 4 is 11.7 Å². The first-order valence-electron chi connectivity index (χ1n) is 10.8. The Labute approximate surface area is 178 Å². The summed E-state index contributed by atoms with van der Waals surface area (Å²) in [7, 11) is 3.71. The summed E-state index contributed by atoms with van der Waals surface area (Å²) in [6, 6.07) is 14.5. The maximum Gasteiger partial charge on any atom is 0.317 e. The molecule has 3 atom stereocenters. The normalized spacial score (nSPS) is 22.5. The summed E-state index contributed by atoms with van der Waals surface area (Å²) in [4.78, 5) is 17.0. The van der Waals surface area contributed by atoms with Crippen LogP contribution in [-0.2, 0) is 0 Å². The van der Waals surface area contributed by atoms with Crippen molar-refractivity contribution in [1.82, 2.24) is 10.2 Å². The van der Waals surface area contributed by atoms with Crippen molar-refractivity contribution in [2.24, 2.45) is 5.92 Å². The molecule has 2 amide bonds. The Morgan fingerprint density at radius 2 is 1.93 bits per heavy atom. The van der Waals surface area contributed by atoms with Gasteiger partial charge in [0, 0.05) is 31.7 Å². The standard InChI is InChI=1S/C24H31N3O3/c1-4-12-25-24(29)27-13-11-19-22(15-28)26(2)21-10-7-17(14-20(21)23(19)27)16-5-8-18(30-3)9-6-16/h5-10,14,19,22-23,28H,4,11-13,15H2,1-3H3,(H,25,29)/t19-,22+,23-/m0/s1. The SMILES string of the molecule is CCCNC(=O)N1CC[C@@H]2[C@H]1c1cc(-c3ccc(OC)cc3)ccc1N(C)[C@@H]2CO. The van der Waals surface area contributed by atoms with Gasteiger partial charge in [-0.2, -0.15) is 0 Å². The molecule has 2 aliphatic rings. The minimum Gasteiger partial charge on any atom is -0.497 e. The van der Waals surface area contributed by atoms with Gasteiger partial charge in [0.25, 0.3) is 0 Å². The summed E-state index contributed by atoms with van der Waals surface area (Å²) in [5, 5.41) is 13.1. The van der Waals surface area contributed by atoms with Crippen molar-refractivity contribution in [3.8, 4) is 16.9 Å². The van der Waals surface area contributed by atoms with Gasteiger partial charge in [-0.1, -0.05) is 25.1 Å². The van der Waals surface area contributed by atoms with Gasteiger partial charge in [0.1, 0.15) is 5.75 Å². The lowest BCUT2D eigenvalue weighted by Crippen LogP contribution is -2.49. The van der Waals surface area contributed by atoms with E-state index in [2.05, 4.69) is 47.5 Å². The van der Waals surface area contributed by atoms with Gasteiger partial charge in [0.2, 0.25) is 0 Å². The van der Waals surface area contributed by atoms with E-state index in [0.29, 0.717) is 13.1 Å². The molecule has 2 heterocycles. The zero-order valence-electron chi connectivity index (χ0n) is 18.0. The summed E-state index contributed by atoms with van der Waals surface area (Å²) >= 11 is 0. The molecular weight excluding hydrogens is 378 g/mol. The van der Waals surface area contributed by atoms with Gasteiger partial charge in [-0.05, 0) is 53.8 Å². The Hall–Kier alpha value is -2.73. The van der Waals surface area contributed by atoms with Crippen LogP contribution in [0.3, 0.4) is 0 Å². The highest BCUT2D eigenvalue weighted by Gasteiger charge is 2.47. The number of nitrogens with one attached hydrogen (secondary N) is 1. The Balaban J connectivity index is 1.75. The fraction of sp³-hybridized carbons (Fsp3) is 0.458. The molecular formula is C24H31N3O3. The summed E-state index contributed by atoms with van der Waals surface area (Å²) in [6.45, 7) is 3.53. The van der Waals surface area contributed by atoms with E-state index in [1.807, 2.05) is 24.1 Å². The summed E-state index contributed by atoms with van der Waals surface area (Å²) in [6.07, 6.45) is 1.81. The highest BCUT2D eigenvalue weighted by Crippen LogP contribution is 2.49. The van der Waals surface area contributed by atoms with Crippen molar-refractivity contribution in [2.45, 2.75) is 31.8 Å². The molecule has 2 N–H and O–H groups in total. The molecule has 0 radical (unpaired) electrons. The molecule has 30 heavy (non-hydrogen) atoms. The summed E-state index contributed by atoms with van der Waals surface area (Å²) in [5.74, 6) is 1.04. The Bertz CT molecular complexity index is 899. The van der Waals surface area contributed by atoms with E-state index in [4.69, 9.17) is 4.74 Å². The second-order valence-corrected chi connectivity index (χ2v) is 8.19. The van der Waals surface area contributed by atoms with Gasteiger partial charge in [0.05, 0.1) is 25.8 Å². The third-order valence-corrected chi connectivity index (χ3v) is 6.56. The average molecular weight is 410 g/mol. The van der Waals surface area contributed by atoms with Crippen molar-refractivity contribution < 1.29 is 14.6 Å². The minimum absolute atomic E-state index is 0.00797. The zero-order chi connectivity index (χ0) is 21.3. The molecule has 0 spiro atoms. The lowest BCUT2D eigenvalue weighted by atomic mass is 9.81. The molecule has 1 fully saturated rings. The fourth-order valence-corrected chi connectivity index (χ4v) is 4.98. The molecule has 6 heteroatoms. The number of hydrogen-bond acceptors (Lipinski definition) is 4. The lowest BCUT2D eigenvalue weighted by Gasteiger charge is -2.44. The first-order valence-corrected chi connectivity index (χ1v) is 10.8. The Kier molecular flexibility index (Phi) is 5.86. The number of hydrogen-bond donors (Lipinski definition) is 2. The third kappa shape index (κ3) is 3.49. The number of nitrogens with zero attached hydrogens (tertiary/aromatic N) is 2. The van der Waals surface area contributed by atoms with Gasteiger partial charge in [-0.15, -0.1) is 0 Å². The van der Waals surface area contributed by atoms with E-state index >= 15 is 0 Å². The number of urea groups is 1. The number of aliphatic hydroxyl groups is 1. The number of carbonyl (C=O) groups excluding carboxylic acids is 1. The highest BCUT2D eigenvalue weighted by atomic mass is 16.5. The van der Waals surface area contributed by atoms with Crippen LogP contribution < -0.4 is 15.0 Å². The summed E-state index contributed by atoms with van der Waals surface area (Å²) in [5.41, 5.74) is 4.47. The molecule has 4 rings (SSSR count). The van der Waals surface area contributed by atoms with Crippen LogP contribution in [0.1, 0.15) is 31.4 Å².